The Hall–Kier alpha value is -1.55. The predicted molar refractivity (Wildman–Crippen MR) is 65.5 cm³/mol. The maximum atomic E-state index is 11.6. The number of rotatable bonds is 3. The summed E-state index contributed by atoms with van der Waals surface area (Å²) in [5.41, 5.74) is 7.56. The summed E-state index contributed by atoms with van der Waals surface area (Å²) in [6.45, 7) is 0. The molecule has 1 saturated carbocycles. The zero-order valence-electron chi connectivity index (χ0n) is 9.60. The highest BCUT2D eigenvalue weighted by molar-refractivity contribution is 5.95. The first-order chi connectivity index (χ1) is 7.58. The molecule has 2 rings (SSSR count). The van der Waals surface area contributed by atoms with Crippen LogP contribution in [0.5, 0.6) is 0 Å². The smallest absolute Gasteiger partial charge is 0.229 e. The van der Waals surface area contributed by atoms with Gasteiger partial charge in [0.25, 0.3) is 0 Å². The van der Waals surface area contributed by atoms with Gasteiger partial charge in [0, 0.05) is 31.5 Å². The Bertz CT molecular complexity index is 386. The van der Waals surface area contributed by atoms with Gasteiger partial charge in [0.1, 0.15) is 0 Å². The van der Waals surface area contributed by atoms with Crippen molar-refractivity contribution in [1.29, 1.82) is 0 Å². The quantitative estimate of drug-likeness (QED) is 0.798. The van der Waals surface area contributed by atoms with Crippen molar-refractivity contribution >= 4 is 17.3 Å². The molecule has 1 amide bonds. The average molecular weight is 219 g/mol. The molecule has 0 spiro atoms. The van der Waals surface area contributed by atoms with Gasteiger partial charge in [-0.1, -0.05) is 0 Å². The number of nitrogens with zero attached hydrogens (tertiary/aromatic N) is 1. The van der Waals surface area contributed by atoms with E-state index in [4.69, 9.17) is 5.73 Å². The Labute approximate surface area is 95.4 Å². The van der Waals surface area contributed by atoms with Crippen LogP contribution < -0.4 is 16.0 Å². The van der Waals surface area contributed by atoms with Gasteiger partial charge in [0.15, 0.2) is 0 Å². The zero-order chi connectivity index (χ0) is 11.7. The Morgan fingerprint density at radius 1 is 1.38 bits per heavy atom. The van der Waals surface area contributed by atoms with E-state index in [1.165, 1.54) is 0 Å². The van der Waals surface area contributed by atoms with Gasteiger partial charge < -0.3 is 16.0 Å². The van der Waals surface area contributed by atoms with Crippen molar-refractivity contribution in [3.05, 3.63) is 24.3 Å². The van der Waals surface area contributed by atoms with Crippen molar-refractivity contribution in [2.75, 3.05) is 24.3 Å². The molecule has 0 saturated heterocycles. The molecular weight excluding hydrogens is 202 g/mol. The molecule has 3 N–H and O–H groups in total. The normalized spacial score (nSPS) is 22.7. The molecule has 1 fully saturated rings. The van der Waals surface area contributed by atoms with E-state index in [2.05, 4.69) is 5.32 Å². The van der Waals surface area contributed by atoms with Crippen LogP contribution in [0, 0.1) is 5.92 Å². The lowest BCUT2D eigenvalue weighted by atomic mass is 10.2. The third-order valence-corrected chi connectivity index (χ3v) is 2.83. The van der Waals surface area contributed by atoms with E-state index in [9.17, 15) is 4.79 Å². The molecule has 1 aromatic rings. The average Bonchev–Trinajstić information content (AvgIpc) is 2.96. The number of benzene rings is 1. The van der Waals surface area contributed by atoms with Gasteiger partial charge >= 0.3 is 0 Å². The summed E-state index contributed by atoms with van der Waals surface area (Å²) in [4.78, 5) is 13.6. The molecular formula is C12H17N3O. The van der Waals surface area contributed by atoms with Crippen molar-refractivity contribution in [3.63, 3.8) is 0 Å². The predicted octanol–water partition coefficient (Wildman–Crippen LogP) is 1.04. The minimum atomic E-state index is 0.00789. The van der Waals surface area contributed by atoms with Gasteiger partial charge in [0.05, 0.1) is 5.92 Å². The summed E-state index contributed by atoms with van der Waals surface area (Å²) in [6.07, 6.45) is 0.807. The molecule has 1 aromatic carbocycles. The van der Waals surface area contributed by atoms with Gasteiger partial charge in [-0.05, 0) is 30.7 Å². The van der Waals surface area contributed by atoms with Crippen LogP contribution in [0.4, 0.5) is 11.4 Å². The van der Waals surface area contributed by atoms with Crippen molar-refractivity contribution in [3.8, 4) is 0 Å². The summed E-state index contributed by atoms with van der Waals surface area (Å²) in [5.74, 6) is 0.0404. The number of hydrogen-bond donors (Lipinski definition) is 2. The van der Waals surface area contributed by atoms with E-state index in [0.717, 1.165) is 17.8 Å². The minimum absolute atomic E-state index is 0.00789. The summed E-state index contributed by atoms with van der Waals surface area (Å²) in [6, 6.07) is 7.81. The SMILES string of the molecule is CN(C)c1ccc(NC(=O)C2CC2N)cc1. The summed E-state index contributed by atoms with van der Waals surface area (Å²) in [7, 11) is 3.97. The summed E-state index contributed by atoms with van der Waals surface area (Å²) < 4.78 is 0. The van der Waals surface area contributed by atoms with Gasteiger partial charge in [-0.15, -0.1) is 0 Å². The number of carbonyl (C=O) groups is 1. The monoisotopic (exact) mass is 219 g/mol. The highest BCUT2D eigenvalue weighted by Crippen LogP contribution is 2.29. The first-order valence-corrected chi connectivity index (χ1v) is 5.42. The molecule has 16 heavy (non-hydrogen) atoms. The number of anilines is 2. The van der Waals surface area contributed by atoms with Crippen molar-refractivity contribution in [2.45, 2.75) is 12.5 Å². The molecule has 0 aliphatic heterocycles. The number of nitrogens with two attached hydrogens (primary N) is 1. The van der Waals surface area contributed by atoms with Crippen LogP contribution in [0.15, 0.2) is 24.3 Å². The Kier molecular flexibility index (Phi) is 2.83. The first kappa shape index (κ1) is 11.0. The standard InChI is InChI=1S/C12H17N3O/c1-15(2)9-5-3-8(4-6-9)14-12(16)10-7-11(10)13/h3-6,10-11H,7,13H2,1-2H3,(H,14,16). The van der Waals surface area contributed by atoms with E-state index < -0.39 is 0 Å². The second-order valence-electron chi connectivity index (χ2n) is 4.44. The molecule has 1 aliphatic rings. The molecule has 1 aliphatic carbocycles. The largest absolute Gasteiger partial charge is 0.378 e. The van der Waals surface area contributed by atoms with Crippen LogP contribution in [0.1, 0.15) is 6.42 Å². The minimum Gasteiger partial charge on any atom is -0.378 e. The Balaban J connectivity index is 1.97. The molecule has 0 aromatic heterocycles. The van der Waals surface area contributed by atoms with E-state index in [0.29, 0.717) is 0 Å². The second-order valence-corrected chi connectivity index (χ2v) is 4.44. The first-order valence-electron chi connectivity index (χ1n) is 5.42. The van der Waals surface area contributed by atoms with Gasteiger partial charge in [-0.2, -0.15) is 0 Å². The lowest BCUT2D eigenvalue weighted by Crippen LogP contribution is -2.18. The molecule has 86 valence electrons. The molecule has 0 heterocycles. The van der Waals surface area contributed by atoms with Crippen LogP contribution in [0.2, 0.25) is 0 Å². The highest BCUT2D eigenvalue weighted by atomic mass is 16.2. The zero-order valence-corrected chi connectivity index (χ0v) is 9.60. The summed E-state index contributed by atoms with van der Waals surface area (Å²) >= 11 is 0. The fourth-order valence-electron chi connectivity index (χ4n) is 1.59. The van der Waals surface area contributed by atoms with E-state index in [-0.39, 0.29) is 17.9 Å². The Morgan fingerprint density at radius 2 is 1.94 bits per heavy atom. The fraction of sp³-hybridized carbons (Fsp3) is 0.417. The van der Waals surface area contributed by atoms with E-state index in [1.54, 1.807) is 0 Å². The number of amides is 1. The highest BCUT2D eigenvalue weighted by Gasteiger charge is 2.39. The molecule has 0 bridgehead atoms. The van der Waals surface area contributed by atoms with E-state index >= 15 is 0 Å². The third-order valence-electron chi connectivity index (χ3n) is 2.83. The third kappa shape index (κ3) is 2.33. The maximum absolute atomic E-state index is 11.6. The lowest BCUT2D eigenvalue weighted by molar-refractivity contribution is -0.117. The van der Waals surface area contributed by atoms with Crippen LogP contribution in [0.3, 0.4) is 0 Å². The van der Waals surface area contributed by atoms with Crippen LogP contribution >= 0.6 is 0 Å². The van der Waals surface area contributed by atoms with Gasteiger partial charge in [0.2, 0.25) is 5.91 Å². The molecule has 4 nitrogen and oxygen atoms in total. The van der Waals surface area contributed by atoms with Crippen molar-refractivity contribution in [1.82, 2.24) is 0 Å². The fourth-order valence-corrected chi connectivity index (χ4v) is 1.59. The van der Waals surface area contributed by atoms with Crippen LogP contribution in [-0.2, 0) is 4.79 Å². The second kappa shape index (κ2) is 4.14. The van der Waals surface area contributed by atoms with Crippen LogP contribution in [0.25, 0.3) is 0 Å². The lowest BCUT2D eigenvalue weighted by Gasteiger charge is -2.12. The van der Waals surface area contributed by atoms with Crippen LogP contribution in [-0.4, -0.2) is 26.0 Å². The van der Waals surface area contributed by atoms with E-state index in [1.807, 2.05) is 43.3 Å². The van der Waals surface area contributed by atoms with Gasteiger partial charge in [-0.25, -0.2) is 0 Å². The van der Waals surface area contributed by atoms with Crippen molar-refractivity contribution < 1.29 is 4.79 Å². The Morgan fingerprint density at radius 3 is 2.38 bits per heavy atom. The summed E-state index contributed by atoms with van der Waals surface area (Å²) in [5, 5.41) is 2.86. The topological polar surface area (TPSA) is 58.4 Å². The molecule has 0 radical (unpaired) electrons. The van der Waals surface area contributed by atoms with Crippen molar-refractivity contribution in [2.24, 2.45) is 11.7 Å². The number of carbonyl (C=O) groups excluding carboxylic acids is 1. The molecule has 4 heteroatoms. The maximum Gasteiger partial charge on any atom is 0.229 e. The number of nitrogens with one attached hydrogen (secondary N) is 1. The number of hydrogen-bond acceptors (Lipinski definition) is 3. The molecule has 2 atom stereocenters. The van der Waals surface area contributed by atoms with Gasteiger partial charge in [-0.3, -0.25) is 4.79 Å². The molecule has 2 unspecified atom stereocenters.